The molecule has 2 aromatic rings. The quantitative estimate of drug-likeness (QED) is 0.930. The van der Waals surface area contributed by atoms with Crippen molar-refractivity contribution in [3.63, 3.8) is 0 Å². The van der Waals surface area contributed by atoms with Gasteiger partial charge in [0, 0.05) is 37.9 Å². The second kappa shape index (κ2) is 6.18. The molecule has 1 N–H and O–H groups in total. The Balaban J connectivity index is 1.74. The molecule has 0 amide bonds. The zero-order valence-corrected chi connectivity index (χ0v) is 12.1. The highest BCUT2D eigenvalue weighted by atomic mass is 19.2. The van der Waals surface area contributed by atoms with Gasteiger partial charge < -0.3 is 15.1 Å². The number of anilines is 3. The van der Waals surface area contributed by atoms with E-state index in [9.17, 15) is 8.78 Å². The van der Waals surface area contributed by atoms with Gasteiger partial charge in [-0.3, -0.25) is 0 Å². The first kappa shape index (κ1) is 14.6. The van der Waals surface area contributed by atoms with E-state index in [1.54, 1.807) is 6.20 Å². The molecule has 1 saturated heterocycles. The maximum atomic E-state index is 13.2. The zero-order valence-electron chi connectivity index (χ0n) is 12.1. The smallest absolute Gasteiger partial charge is 0.249 e. The number of nitrogens with zero attached hydrogens (tertiary/aromatic N) is 5. The molecular formula is C14H16F2N6. The van der Waals surface area contributed by atoms with Gasteiger partial charge >= 0.3 is 0 Å². The van der Waals surface area contributed by atoms with Crippen molar-refractivity contribution >= 4 is 17.5 Å². The standard InChI is InChI=1S/C14H16F2N6/c1-21-4-6-22(7-5-21)13-9-17-20-14(19-13)18-10-2-3-11(15)12(16)8-10/h2-3,8-9H,4-7H2,1H3,(H,18,19,20). The Hall–Kier alpha value is -2.35. The lowest BCUT2D eigenvalue weighted by molar-refractivity contribution is 0.312. The SMILES string of the molecule is CN1CCN(c2cnnc(Nc3ccc(F)c(F)c3)n2)CC1. The van der Waals surface area contributed by atoms with E-state index in [0.29, 0.717) is 11.5 Å². The van der Waals surface area contributed by atoms with E-state index in [-0.39, 0.29) is 5.95 Å². The lowest BCUT2D eigenvalue weighted by Crippen LogP contribution is -2.44. The van der Waals surface area contributed by atoms with E-state index < -0.39 is 11.6 Å². The van der Waals surface area contributed by atoms with Crippen LogP contribution in [0.4, 0.5) is 26.2 Å². The van der Waals surface area contributed by atoms with Crippen molar-refractivity contribution in [1.82, 2.24) is 20.1 Å². The Morgan fingerprint density at radius 1 is 1.09 bits per heavy atom. The summed E-state index contributed by atoms with van der Waals surface area (Å²) in [5.74, 6) is -0.848. The summed E-state index contributed by atoms with van der Waals surface area (Å²) in [5.41, 5.74) is 0.372. The van der Waals surface area contributed by atoms with Gasteiger partial charge in [0.25, 0.3) is 0 Å². The summed E-state index contributed by atoms with van der Waals surface area (Å²) in [6.07, 6.45) is 1.60. The summed E-state index contributed by atoms with van der Waals surface area (Å²) >= 11 is 0. The molecule has 8 heteroatoms. The van der Waals surface area contributed by atoms with Crippen LogP contribution in [0, 0.1) is 11.6 Å². The number of rotatable bonds is 3. The van der Waals surface area contributed by atoms with Crippen LogP contribution >= 0.6 is 0 Å². The summed E-state index contributed by atoms with van der Waals surface area (Å²) in [7, 11) is 2.08. The molecule has 0 radical (unpaired) electrons. The molecule has 0 atom stereocenters. The van der Waals surface area contributed by atoms with Crippen molar-refractivity contribution in [2.24, 2.45) is 0 Å². The molecule has 1 aromatic heterocycles. The number of benzene rings is 1. The molecule has 0 unspecified atom stereocenters. The molecule has 1 aromatic carbocycles. The molecule has 1 aliphatic heterocycles. The fraction of sp³-hybridized carbons (Fsp3) is 0.357. The van der Waals surface area contributed by atoms with Crippen molar-refractivity contribution in [2.75, 3.05) is 43.4 Å². The van der Waals surface area contributed by atoms with Crippen LogP contribution in [0.5, 0.6) is 0 Å². The highest BCUT2D eigenvalue weighted by molar-refractivity contribution is 5.54. The minimum atomic E-state index is -0.923. The number of likely N-dealkylation sites (N-methyl/N-ethyl adjacent to an activating group) is 1. The van der Waals surface area contributed by atoms with Gasteiger partial charge in [0.2, 0.25) is 5.95 Å². The van der Waals surface area contributed by atoms with Crippen molar-refractivity contribution in [2.45, 2.75) is 0 Å². The Morgan fingerprint density at radius 3 is 2.59 bits per heavy atom. The minimum Gasteiger partial charge on any atom is -0.353 e. The van der Waals surface area contributed by atoms with E-state index in [1.165, 1.54) is 6.07 Å². The normalized spacial score (nSPS) is 15.9. The van der Waals surface area contributed by atoms with Gasteiger partial charge in [0.1, 0.15) is 0 Å². The molecule has 3 rings (SSSR count). The van der Waals surface area contributed by atoms with E-state index in [2.05, 4.69) is 37.3 Å². The van der Waals surface area contributed by atoms with E-state index in [0.717, 1.165) is 38.3 Å². The fourth-order valence-electron chi connectivity index (χ4n) is 2.24. The molecule has 6 nitrogen and oxygen atoms in total. The Kier molecular flexibility index (Phi) is 4.10. The Labute approximate surface area is 126 Å². The van der Waals surface area contributed by atoms with Gasteiger partial charge in [0.05, 0.1) is 6.20 Å². The van der Waals surface area contributed by atoms with Crippen molar-refractivity contribution in [3.8, 4) is 0 Å². The van der Waals surface area contributed by atoms with Gasteiger partial charge in [-0.1, -0.05) is 0 Å². The second-order valence-corrected chi connectivity index (χ2v) is 5.18. The third-order valence-electron chi connectivity index (χ3n) is 3.55. The number of hydrogen-bond donors (Lipinski definition) is 1. The van der Waals surface area contributed by atoms with Crippen LogP contribution in [0.3, 0.4) is 0 Å². The molecule has 0 saturated carbocycles. The van der Waals surface area contributed by atoms with Crippen LogP contribution in [-0.4, -0.2) is 53.3 Å². The summed E-state index contributed by atoms with van der Waals surface area (Å²) in [4.78, 5) is 8.73. The zero-order chi connectivity index (χ0) is 15.5. The first-order valence-corrected chi connectivity index (χ1v) is 6.97. The van der Waals surface area contributed by atoms with Crippen molar-refractivity contribution < 1.29 is 8.78 Å². The lowest BCUT2D eigenvalue weighted by atomic mass is 10.3. The highest BCUT2D eigenvalue weighted by Gasteiger charge is 2.16. The fourth-order valence-corrected chi connectivity index (χ4v) is 2.24. The average Bonchev–Trinajstić information content (AvgIpc) is 2.52. The van der Waals surface area contributed by atoms with Gasteiger partial charge in [0.15, 0.2) is 17.5 Å². The monoisotopic (exact) mass is 306 g/mol. The van der Waals surface area contributed by atoms with E-state index in [1.807, 2.05) is 0 Å². The summed E-state index contributed by atoms with van der Waals surface area (Å²) < 4.78 is 26.1. The highest BCUT2D eigenvalue weighted by Crippen LogP contribution is 2.18. The molecule has 116 valence electrons. The molecule has 0 spiro atoms. The number of nitrogens with one attached hydrogen (secondary N) is 1. The van der Waals surface area contributed by atoms with Crippen LogP contribution in [-0.2, 0) is 0 Å². The van der Waals surface area contributed by atoms with Crippen molar-refractivity contribution in [1.29, 1.82) is 0 Å². The number of halogens is 2. The summed E-state index contributed by atoms with van der Waals surface area (Å²) in [5, 5.41) is 10.6. The van der Waals surface area contributed by atoms with E-state index >= 15 is 0 Å². The number of aromatic nitrogens is 3. The second-order valence-electron chi connectivity index (χ2n) is 5.18. The molecule has 1 aliphatic rings. The van der Waals surface area contributed by atoms with Gasteiger partial charge in [-0.05, 0) is 19.2 Å². The van der Waals surface area contributed by atoms with Gasteiger partial charge in [-0.15, -0.1) is 5.10 Å². The maximum Gasteiger partial charge on any atom is 0.249 e. The lowest BCUT2D eigenvalue weighted by Gasteiger charge is -2.32. The third-order valence-corrected chi connectivity index (χ3v) is 3.55. The maximum absolute atomic E-state index is 13.2. The predicted molar refractivity (Wildman–Crippen MR) is 79.2 cm³/mol. The minimum absolute atomic E-state index is 0.252. The molecule has 1 fully saturated rings. The van der Waals surface area contributed by atoms with Crippen LogP contribution in [0.2, 0.25) is 0 Å². The van der Waals surface area contributed by atoms with Crippen molar-refractivity contribution in [3.05, 3.63) is 36.0 Å². The largest absolute Gasteiger partial charge is 0.353 e. The molecule has 2 heterocycles. The topological polar surface area (TPSA) is 57.2 Å². The van der Waals surface area contributed by atoms with Gasteiger partial charge in [-0.2, -0.15) is 10.1 Å². The Morgan fingerprint density at radius 2 is 1.86 bits per heavy atom. The molecular weight excluding hydrogens is 290 g/mol. The van der Waals surface area contributed by atoms with Crippen LogP contribution in [0.15, 0.2) is 24.4 Å². The number of hydrogen-bond acceptors (Lipinski definition) is 6. The third kappa shape index (κ3) is 3.28. The van der Waals surface area contributed by atoms with Crippen LogP contribution in [0.1, 0.15) is 0 Å². The summed E-state index contributed by atoms with van der Waals surface area (Å²) in [6, 6.07) is 3.53. The van der Waals surface area contributed by atoms with Gasteiger partial charge in [-0.25, -0.2) is 8.78 Å². The molecule has 0 bridgehead atoms. The molecule has 22 heavy (non-hydrogen) atoms. The molecule has 0 aliphatic carbocycles. The average molecular weight is 306 g/mol. The Bertz CT molecular complexity index is 658. The predicted octanol–water partition coefficient (Wildman–Crippen LogP) is 1.65. The first-order chi connectivity index (χ1) is 10.6. The number of piperazine rings is 1. The van der Waals surface area contributed by atoms with Crippen LogP contribution < -0.4 is 10.2 Å². The van der Waals surface area contributed by atoms with E-state index in [4.69, 9.17) is 0 Å². The summed E-state index contributed by atoms with van der Waals surface area (Å²) in [6.45, 7) is 3.63. The van der Waals surface area contributed by atoms with Crippen LogP contribution in [0.25, 0.3) is 0 Å². The first-order valence-electron chi connectivity index (χ1n) is 6.97.